The highest BCUT2D eigenvalue weighted by molar-refractivity contribution is 5.76. The van der Waals surface area contributed by atoms with Crippen LogP contribution in [0.3, 0.4) is 0 Å². The highest BCUT2D eigenvalue weighted by Crippen LogP contribution is 2.10. The zero-order valence-electron chi connectivity index (χ0n) is 13.9. The number of rotatable bonds is 6. The van der Waals surface area contributed by atoms with Gasteiger partial charge in [0.1, 0.15) is 0 Å². The van der Waals surface area contributed by atoms with E-state index in [1.54, 1.807) is 11.8 Å². The van der Waals surface area contributed by atoms with E-state index in [-0.39, 0.29) is 12.0 Å². The third-order valence-corrected chi connectivity index (χ3v) is 4.11. The number of benzene rings is 1. The van der Waals surface area contributed by atoms with Gasteiger partial charge in [-0.05, 0) is 31.7 Å². The maximum atomic E-state index is 12.2. The number of amides is 2. The molecule has 1 aromatic rings. The van der Waals surface area contributed by atoms with Gasteiger partial charge in [-0.2, -0.15) is 0 Å². The maximum absolute atomic E-state index is 12.2. The summed E-state index contributed by atoms with van der Waals surface area (Å²) in [6.07, 6.45) is 3.27. The normalized spacial score (nSPS) is 14.7. The van der Waals surface area contributed by atoms with Gasteiger partial charge in [-0.25, -0.2) is 4.79 Å². The molecule has 2 rings (SSSR count). The fourth-order valence-electron chi connectivity index (χ4n) is 2.76. The molecule has 0 N–H and O–H groups in total. The molecule has 1 aliphatic heterocycles. The fourth-order valence-corrected chi connectivity index (χ4v) is 2.76. The lowest BCUT2D eigenvalue weighted by molar-refractivity contribution is -0.132. The predicted octanol–water partition coefficient (Wildman–Crippen LogP) is 2.70. The van der Waals surface area contributed by atoms with E-state index in [4.69, 9.17) is 4.74 Å². The summed E-state index contributed by atoms with van der Waals surface area (Å²) in [5, 5.41) is 0. The van der Waals surface area contributed by atoms with Crippen molar-refractivity contribution in [3.05, 3.63) is 35.9 Å². The number of aryl methyl sites for hydroxylation is 1. The Labute approximate surface area is 138 Å². The molecule has 0 saturated carbocycles. The smallest absolute Gasteiger partial charge is 0.409 e. The molecule has 5 nitrogen and oxygen atoms in total. The Bertz CT molecular complexity index is 496. The summed E-state index contributed by atoms with van der Waals surface area (Å²) in [5.74, 6) is 0.196. The van der Waals surface area contributed by atoms with Gasteiger partial charge in [-0.3, -0.25) is 4.79 Å². The summed E-state index contributed by atoms with van der Waals surface area (Å²) in [6, 6.07) is 10.4. The molecule has 1 aromatic carbocycles. The van der Waals surface area contributed by atoms with E-state index in [0.29, 0.717) is 39.2 Å². The van der Waals surface area contributed by atoms with Crippen molar-refractivity contribution in [2.24, 2.45) is 0 Å². The molecule has 0 aliphatic carbocycles. The molecule has 0 atom stereocenters. The van der Waals surface area contributed by atoms with Gasteiger partial charge < -0.3 is 14.5 Å². The van der Waals surface area contributed by atoms with Crippen molar-refractivity contribution in [1.82, 2.24) is 9.80 Å². The Morgan fingerprint density at radius 1 is 1.00 bits per heavy atom. The van der Waals surface area contributed by atoms with Crippen LogP contribution in [0, 0.1) is 0 Å². The minimum atomic E-state index is -0.275. The van der Waals surface area contributed by atoms with E-state index in [9.17, 15) is 9.59 Å². The maximum Gasteiger partial charge on any atom is 0.409 e. The summed E-state index contributed by atoms with van der Waals surface area (Å²) in [5.41, 5.74) is 1.32. The first-order chi connectivity index (χ1) is 11.2. The number of nitrogens with zero attached hydrogens (tertiary/aromatic N) is 2. The lowest BCUT2D eigenvalue weighted by Crippen LogP contribution is -2.50. The van der Waals surface area contributed by atoms with Gasteiger partial charge in [-0.15, -0.1) is 0 Å². The second-order valence-corrected chi connectivity index (χ2v) is 5.76. The minimum Gasteiger partial charge on any atom is -0.450 e. The summed E-state index contributed by atoms with van der Waals surface area (Å²) in [4.78, 5) is 27.4. The third kappa shape index (κ3) is 5.58. The zero-order valence-corrected chi connectivity index (χ0v) is 13.9. The highest BCUT2D eigenvalue weighted by atomic mass is 16.6. The molecule has 0 radical (unpaired) electrons. The van der Waals surface area contributed by atoms with Crippen molar-refractivity contribution < 1.29 is 14.3 Å². The van der Waals surface area contributed by atoms with Crippen LogP contribution in [0.2, 0.25) is 0 Å². The Kier molecular flexibility index (Phi) is 6.91. The summed E-state index contributed by atoms with van der Waals surface area (Å²) in [7, 11) is 0. The highest BCUT2D eigenvalue weighted by Gasteiger charge is 2.24. The quantitative estimate of drug-likeness (QED) is 0.758. The Balaban J connectivity index is 1.62. The lowest BCUT2D eigenvalue weighted by Gasteiger charge is -2.34. The van der Waals surface area contributed by atoms with Crippen molar-refractivity contribution in [2.75, 3.05) is 32.8 Å². The predicted molar refractivity (Wildman–Crippen MR) is 89.2 cm³/mol. The fraction of sp³-hybridized carbons (Fsp3) is 0.556. The molecule has 0 bridgehead atoms. The Morgan fingerprint density at radius 2 is 1.65 bits per heavy atom. The van der Waals surface area contributed by atoms with Gasteiger partial charge in [-0.1, -0.05) is 30.3 Å². The van der Waals surface area contributed by atoms with Crippen LogP contribution in [0.15, 0.2) is 30.3 Å². The average molecular weight is 318 g/mol. The zero-order chi connectivity index (χ0) is 16.5. The molecule has 0 spiro atoms. The molecule has 1 aliphatic rings. The number of hydrogen-bond acceptors (Lipinski definition) is 3. The molecular formula is C18H26N2O3. The van der Waals surface area contributed by atoms with Gasteiger partial charge in [0.05, 0.1) is 6.61 Å². The van der Waals surface area contributed by atoms with Crippen LogP contribution < -0.4 is 0 Å². The largest absolute Gasteiger partial charge is 0.450 e. The third-order valence-electron chi connectivity index (χ3n) is 4.11. The van der Waals surface area contributed by atoms with Gasteiger partial charge in [0, 0.05) is 32.6 Å². The molecule has 0 aromatic heterocycles. The summed E-state index contributed by atoms with van der Waals surface area (Å²) in [6.45, 7) is 4.53. The SMILES string of the molecule is CCOC(=O)N1CCN(C(=O)CCCCc2ccccc2)CC1. The number of carbonyl (C=O) groups excluding carboxylic acids is 2. The monoisotopic (exact) mass is 318 g/mol. The van der Waals surface area contributed by atoms with E-state index >= 15 is 0 Å². The van der Waals surface area contributed by atoms with E-state index in [1.165, 1.54) is 5.56 Å². The second kappa shape index (κ2) is 9.18. The van der Waals surface area contributed by atoms with Crippen LogP contribution in [0.5, 0.6) is 0 Å². The number of ether oxygens (including phenoxy) is 1. The van der Waals surface area contributed by atoms with Crippen LogP contribution in [-0.4, -0.2) is 54.6 Å². The molecule has 1 heterocycles. The second-order valence-electron chi connectivity index (χ2n) is 5.76. The minimum absolute atomic E-state index is 0.196. The van der Waals surface area contributed by atoms with Crippen LogP contribution in [-0.2, 0) is 16.0 Å². The van der Waals surface area contributed by atoms with E-state index in [1.807, 2.05) is 23.1 Å². The Morgan fingerprint density at radius 3 is 2.30 bits per heavy atom. The van der Waals surface area contributed by atoms with E-state index < -0.39 is 0 Å². The van der Waals surface area contributed by atoms with Crippen molar-refractivity contribution in [1.29, 1.82) is 0 Å². The van der Waals surface area contributed by atoms with Crippen LogP contribution in [0.1, 0.15) is 31.7 Å². The van der Waals surface area contributed by atoms with Gasteiger partial charge >= 0.3 is 6.09 Å². The number of hydrogen-bond donors (Lipinski definition) is 0. The lowest BCUT2D eigenvalue weighted by atomic mass is 10.1. The summed E-state index contributed by atoms with van der Waals surface area (Å²) >= 11 is 0. The van der Waals surface area contributed by atoms with Crippen LogP contribution in [0.25, 0.3) is 0 Å². The first-order valence-electron chi connectivity index (χ1n) is 8.44. The molecule has 1 saturated heterocycles. The van der Waals surface area contributed by atoms with Gasteiger partial charge in [0.15, 0.2) is 0 Å². The van der Waals surface area contributed by atoms with E-state index in [2.05, 4.69) is 12.1 Å². The first-order valence-corrected chi connectivity index (χ1v) is 8.44. The molecule has 23 heavy (non-hydrogen) atoms. The average Bonchev–Trinajstić information content (AvgIpc) is 2.60. The van der Waals surface area contributed by atoms with Crippen molar-refractivity contribution in [3.8, 4) is 0 Å². The van der Waals surface area contributed by atoms with Crippen molar-refractivity contribution >= 4 is 12.0 Å². The molecule has 5 heteroatoms. The van der Waals surface area contributed by atoms with Gasteiger partial charge in [0.2, 0.25) is 5.91 Å². The summed E-state index contributed by atoms with van der Waals surface area (Å²) < 4.78 is 4.98. The molecule has 2 amide bonds. The van der Waals surface area contributed by atoms with Crippen LogP contribution in [0.4, 0.5) is 4.79 Å². The number of piperazine rings is 1. The van der Waals surface area contributed by atoms with Crippen molar-refractivity contribution in [3.63, 3.8) is 0 Å². The van der Waals surface area contributed by atoms with Crippen LogP contribution >= 0.6 is 0 Å². The number of unbranched alkanes of at least 4 members (excludes halogenated alkanes) is 1. The standard InChI is InChI=1S/C18H26N2O3/c1-2-23-18(22)20-14-12-19(13-15-20)17(21)11-7-6-10-16-8-4-3-5-9-16/h3-5,8-9H,2,6-7,10-15H2,1H3. The number of carbonyl (C=O) groups is 2. The Hall–Kier alpha value is -2.04. The molecule has 1 fully saturated rings. The molecular weight excluding hydrogens is 292 g/mol. The molecule has 126 valence electrons. The van der Waals surface area contributed by atoms with Gasteiger partial charge in [0.25, 0.3) is 0 Å². The first kappa shape index (κ1) is 17.3. The topological polar surface area (TPSA) is 49.9 Å². The molecule has 0 unspecified atom stereocenters. The van der Waals surface area contributed by atoms with Crippen molar-refractivity contribution in [2.45, 2.75) is 32.6 Å². The van der Waals surface area contributed by atoms with E-state index in [0.717, 1.165) is 19.3 Å².